The fourth-order valence-corrected chi connectivity index (χ4v) is 6.96. The molecule has 6 heteroatoms. The molecule has 0 fully saturated rings. The highest BCUT2D eigenvalue weighted by Crippen LogP contribution is 2.31. The molecule has 0 unspecified atom stereocenters. The van der Waals surface area contributed by atoms with Gasteiger partial charge >= 0.3 is 0 Å². The Labute approximate surface area is 138 Å². The Morgan fingerprint density at radius 3 is 2.59 bits per heavy atom. The van der Waals surface area contributed by atoms with E-state index < -0.39 is 14.4 Å². The van der Waals surface area contributed by atoms with Gasteiger partial charge in [0.15, 0.2) is 8.32 Å². The number of hydrogen-bond donors (Lipinski definition) is 1. The first-order valence-electron chi connectivity index (χ1n) is 7.60. The Hall–Kier alpha value is -0.563. The summed E-state index contributed by atoms with van der Waals surface area (Å²) >= 11 is 1.49. The summed E-state index contributed by atoms with van der Waals surface area (Å²) in [5, 5.41) is 11.9. The molecular formula is C16H28FNO2SSi. The molecule has 126 valence electrons. The van der Waals surface area contributed by atoms with Gasteiger partial charge in [0.1, 0.15) is 5.83 Å². The van der Waals surface area contributed by atoms with Crippen LogP contribution in [0, 0.1) is 12.3 Å². The van der Waals surface area contributed by atoms with Crippen LogP contribution in [0.5, 0.6) is 0 Å². The smallest absolute Gasteiger partial charge is 0.188 e. The summed E-state index contributed by atoms with van der Waals surface area (Å²) in [7, 11) is -2.02. The molecule has 0 saturated carbocycles. The normalized spacial score (nSPS) is 15.2. The summed E-state index contributed by atoms with van der Waals surface area (Å²) in [5.41, 5.74) is 0.757. The lowest BCUT2D eigenvalue weighted by Gasteiger charge is -2.33. The standard InChI is InChI=1S/C16H28FNO2SSi/c1-12-18-13(10-21-12)9-14(17)15(7-8-19)20-22(5,6)11-16(2,3)4/h9-10,15,19H,7-8,11H2,1-6H3/b14-9-/t15-/m0/s1. The maximum absolute atomic E-state index is 14.5. The van der Waals surface area contributed by atoms with Gasteiger partial charge in [0, 0.05) is 18.4 Å². The minimum Gasteiger partial charge on any atom is -0.408 e. The predicted molar refractivity (Wildman–Crippen MR) is 94.3 cm³/mol. The van der Waals surface area contributed by atoms with Gasteiger partial charge in [0.2, 0.25) is 0 Å². The third-order valence-electron chi connectivity index (χ3n) is 3.04. The largest absolute Gasteiger partial charge is 0.408 e. The Morgan fingerprint density at radius 1 is 1.50 bits per heavy atom. The van der Waals surface area contributed by atoms with Crippen molar-refractivity contribution >= 4 is 25.7 Å². The molecular weight excluding hydrogens is 317 g/mol. The number of aliphatic hydroxyl groups excluding tert-OH is 1. The van der Waals surface area contributed by atoms with E-state index in [9.17, 15) is 9.50 Å². The Morgan fingerprint density at radius 2 is 2.14 bits per heavy atom. The zero-order valence-corrected chi connectivity index (χ0v) is 16.3. The van der Waals surface area contributed by atoms with Crippen LogP contribution < -0.4 is 0 Å². The van der Waals surface area contributed by atoms with Crippen molar-refractivity contribution in [3.05, 3.63) is 21.9 Å². The molecule has 1 N–H and O–H groups in total. The van der Waals surface area contributed by atoms with E-state index in [2.05, 4.69) is 38.8 Å². The Bertz CT molecular complexity index is 508. The fourth-order valence-electron chi connectivity index (χ4n) is 2.75. The molecule has 1 atom stereocenters. The van der Waals surface area contributed by atoms with Crippen molar-refractivity contribution in [1.29, 1.82) is 0 Å². The highest BCUT2D eigenvalue weighted by molar-refractivity contribution is 7.09. The van der Waals surface area contributed by atoms with E-state index in [1.807, 2.05) is 12.3 Å². The van der Waals surface area contributed by atoms with Crippen molar-refractivity contribution in [3.8, 4) is 0 Å². The summed E-state index contributed by atoms with van der Waals surface area (Å²) in [4.78, 5) is 4.24. The quantitative estimate of drug-likeness (QED) is 0.723. The lowest BCUT2D eigenvalue weighted by atomic mass is 10.0. The van der Waals surface area contributed by atoms with Crippen molar-refractivity contribution in [3.63, 3.8) is 0 Å². The Balaban J connectivity index is 2.86. The van der Waals surface area contributed by atoms with Gasteiger partial charge in [-0.25, -0.2) is 9.37 Å². The molecule has 0 saturated heterocycles. The topological polar surface area (TPSA) is 42.4 Å². The number of hydrogen-bond acceptors (Lipinski definition) is 4. The third-order valence-corrected chi connectivity index (χ3v) is 6.67. The van der Waals surface area contributed by atoms with Crippen LogP contribution in [0.2, 0.25) is 19.1 Å². The molecule has 1 aromatic heterocycles. The number of halogens is 1. The predicted octanol–water partition coefficient (Wildman–Crippen LogP) is 4.78. The van der Waals surface area contributed by atoms with Crippen molar-refractivity contribution in [2.24, 2.45) is 5.41 Å². The van der Waals surface area contributed by atoms with Crippen LogP contribution in [0.4, 0.5) is 4.39 Å². The van der Waals surface area contributed by atoms with Crippen LogP contribution in [0.25, 0.3) is 6.08 Å². The summed E-state index contributed by atoms with van der Waals surface area (Å²) < 4.78 is 20.6. The average molecular weight is 346 g/mol. The van der Waals surface area contributed by atoms with Crippen molar-refractivity contribution < 1.29 is 13.9 Å². The number of aliphatic hydroxyl groups is 1. The molecule has 0 aliphatic heterocycles. The number of aryl methyl sites for hydroxylation is 1. The highest BCUT2D eigenvalue weighted by Gasteiger charge is 2.33. The molecule has 1 rings (SSSR count). The third kappa shape index (κ3) is 7.13. The molecule has 1 heterocycles. The number of thiazole rings is 1. The van der Waals surface area contributed by atoms with E-state index in [4.69, 9.17) is 4.43 Å². The lowest BCUT2D eigenvalue weighted by Crippen LogP contribution is -2.39. The minimum atomic E-state index is -2.02. The number of rotatable bonds is 7. The van der Waals surface area contributed by atoms with E-state index >= 15 is 0 Å². The molecule has 3 nitrogen and oxygen atoms in total. The molecule has 0 aromatic carbocycles. The van der Waals surface area contributed by atoms with Crippen molar-refractivity contribution in [2.75, 3.05) is 6.61 Å². The van der Waals surface area contributed by atoms with Gasteiger partial charge < -0.3 is 9.53 Å². The summed E-state index contributed by atoms with van der Waals surface area (Å²) in [5.74, 6) is -0.353. The van der Waals surface area contributed by atoms with Gasteiger partial charge in [-0.2, -0.15) is 0 Å². The van der Waals surface area contributed by atoms with E-state index in [-0.39, 0.29) is 24.3 Å². The van der Waals surface area contributed by atoms with Crippen molar-refractivity contribution in [1.82, 2.24) is 4.98 Å². The zero-order chi connectivity index (χ0) is 17.0. The molecule has 0 bridgehead atoms. The van der Waals surface area contributed by atoms with Crippen LogP contribution in [0.15, 0.2) is 11.2 Å². The van der Waals surface area contributed by atoms with Crippen molar-refractivity contribution in [2.45, 2.75) is 59.4 Å². The first-order chi connectivity index (χ1) is 10.0. The van der Waals surface area contributed by atoms with Gasteiger partial charge in [-0.15, -0.1) is 11.3 Å². The molecule has 0 aliphatic rings. The van der Waals surface area contributed by atoms with Crippen LogP contribution in [0.3, 0.4) is 0 Å². The second-order valence-corrected chi connectivity index (χ2v) is 12.6. The molecule has 22 heavy (non-hydrogen) atoms. The van der Waals surface area contributed by atoms with E-state index in [1.165, 1.54) is 17.4 Å². The minimum absolute atomic E-state index is 0.0952. The van der Waals surface area contributed by atoms with Crippen LogP contribution >= 0.6 is 11.3 Å². The lowest BCUT2D eigenvalue weighted by molar-refractivity contribution is 0.151. The molecule has 0 radical (unpaired) electrons. The maximum Gasteiger partial charge on any atom is 0.188 e. The van der Waals surface area contributed by atoms with Crippen LogP contribution in [0.1, 0.15) is 37.9 Å². The maximum atomic E-state index is 14.5. The molecule has 0 spiro atoms. The van der Waals surface area contributed by atoms with E-state index in [1.54, 1.807) is 0 Å². The van der Waals surface area contributed by atoms with Crippen LogP contribution in [-0.2, 0) is 4.43 Å². The molecule has 0 aliphatic carbocycles. The van der Waals surface area contributed by atoms with Gasteiger partial charge in [-0.1, -0.05) is 20.8 Å². The number of nitrogens with zero attached hydrogens (tertiary/aromatic N) is 1. The van der Waals surface area contributed by atoms with E-state index in [0.29, 0.717) is 5.69 Å². The van der Waals surface area contributed by atoms with Gasteiger partial charge in [0.05, 0.1) is 16.8 Å². The van der Waals surface area contributed by atoms with Crippen LogP contribution in [-0.4, -0.2) is 31.1 Å². The van der Waals surface area contributed by atoms with E-state index in [0.717, 1.165) is 11.1 Å². The Kier molecular flexibility index (Phi) is 6.92. The fraction of sp³-hybridized carbons (Fsp3) is 0.688. The first-order valence-corrected chi connectivity index (χ1v) is 11.6. The average Bonchev–Trinajstić information content (AvgIpc) is 2.70. The highest BCUT2D eigenvalue weighted by atomic mass is 32.1. The van der Waals surface area contributed by atoms with Gasteiger partial charge in [-0.05, 0) is 37.6 Å². The SMILES string of the molecule is Cc1nc(/C=C(\F)[C@H](CCO)O[Si](C)(C)CC(C)(C)C)cs1. The summed E-state index contributed by atoms with van der Waals surface area (Å²) in [6.45, 7) is 12.5. The number of aromatic nitrogens is 1. The molecule has 1 aromatic rings. The zero-order valence-electron chi connectivity index (χ0n) is 14.4. The second kappa shape index (κ2) is 7.81. The monoisotopic (exact) mass is 345 g/mol. The van der Waals surface area contributed by atoms with Gasteiger partial charge in [0.25, 0.3) is 0 Å². The second-order valence-electron chi connectivity index (χ2n) is 7.44. The first kappa shape index (κ1) is 19.5. The summed E-state index contributed by atoms with van der Waals surface area (Å²) in [6, 6.07) is 0.936. The van der Waals surface area contributed by atoms with Gasteiger partial charge in [-0.3, -0.25) is 0 Å². The molecule has 0 amide bonds. The summed E-state index contributed by atoms with van der Waals surface area (Å²) in [6.07, 6.45) is 1.01.